The standard InChI is InChI=1S/C8H6O/c1-2-7-4-5-9-8(3-1)6-7/h1-6H. The van der Waals surface area contributed by atoms with Gasteiger partial charge in [-0.1, -0.05) is 12.1 Å². The molecule has 0 saturated heterocycles. The molecule has 0 fully saturated rings. The van der Waals surface area contributed by atoms with E-state index in [1.54, 1.807) is 6.26 Å². The van der Waals surface area contributed by atoms with Crippen molar-refractivity contribution in [2.45, 2.75) is 0 Å². The van der Waals surface area contributed by atoms with Crippen molar-refractivity contribution in [1.82, 2.24) is 0 Å². The van der Waals surface area contributed by atoms with Gasteiger partial charge in [0.2, 0.25) is 0 Å². The van der Waals surface area contributed by atoms with Gasteiger partial charge in [-0.2, -0.15) is 0 Å². The van der Waals surface area contributed by atoms with Crippen LogP contribution in [0.25, 0.3) is 6.08 Å². The Hall–Kier alpha value is -1.24. The van der Waals surface area contributed by atoms with Crippen LogP contribution in [0.1, 0.15) is 5.56 Å². The van der Waals surface area contributed by atoms with E-state index < -0.39 is 0 Å². The Morgan fingerprint density at radius 3 is 3.00 bits per heavy atom. The minimum absolute atomic E-state index is 0.926. The average Bonchev–Trinajstić information content (AvgIpc) is 1.88. The zero-order valence-electron chi connectivity index (χ0n) is 4.87. The molecular weight excluding hydrogens is 112 g/mol. The van der Waals surface area contributed by atoms with Crippen LogP contribution in [0.3, 0.4) is 0 Å². The summed E-state index contributed by atoms with van der Waals surface area (Å²) in [7, 11) is 0. The minimum atomic E-state index is 0.926. The van der Waals surface area contributed by atoms with E-state index in [1.165, 1.54) is 5.56 Å². The van der Waals surface area contributed by atoms with E-state index in [9.17, 15) is 0 Å². The molecule has 0 spiro atoms. The van der Waals surface area contributed by atoms with Gasteiger partial charge < -0.3 is 4.74 Å². The van der Waals surface area contributed by atoms with E-state index >= 15 is 0 Å². The third-order valence-electron chi connectivity index (χ3n) is 1.32. The van der Waals surface area contributed by atoms with Gasteiger partial charge >= 0.3 is 0 Å². The summed E-state index contributed by atoms with van der Waals surface area (Å²) in [4.78, 5) is 0. The van der Waals surface area contributed by atoms with Gasteiger partial charge in [-0.3, -0.25) is 0 Å². The highest BCUT2D eigenvalue weighted by Gasteiger charge is 1.96. The fourth-order valence-electron chi connectivity index (χ4n) is 0.883. The quantitative estimate of drug-likeness (QED) is 0.506. The predicted octanol–water partition coefficient (Wildman–Crippen LogP) is 2.05. The molecule has 2 bridgehead atoms. The molecule has 1 aromatic carbocycles. The lowest BCUT2D eigenvalue weighted by Crippen LogP contribution is -1.87. The van der Waals surface area contributed by atoms with Crippen molar-refractivity contribution in [1.29, 1.82) is 0 Å². The molecule has 2 rings (SSSR count). The minimum Gasteiger partial charge on any atom is -0.465 e. The van der Waals surface area contributed by atoms with Gasteiger partial charge in [-0.05, 0) is 23.8 Å². The van der Waals surface area contributed by atoms with E-state index in [2.05, 4.69) is 0 Å². The molecule has 0 atom stereocenters. The topological polar surface area (TPSA) is 9.23 Å². The first kappa shape index (κ1) is 4.62. The molecule has 9 heavy (non-hydrogen) atoms. The first-order valence-corrected chi connectivity index (χ1v) is 2.88. The van der Waals surface area contributed by atoms with E-state index in [0.717, 1.165) is 5.75 Å². The number of hydrogen-bond acceptors (Lipinski definition) is 1. The zero-order valence-corrected chi connectivity index (χ0v) is 4.87. The lowest BCUT2D eigenvalue weighted by atomic mass is 10.2. The van der Waals surface area contributed by atoms with Crippen LogP contribution in [-0.2, 0) is 0 Å². The van der Waals surface area contributed by atoms with Gasteiger partial charge in [-0.25, -0.2) is 0 Å². The molecule has 0 unspecified atom stereocenters. The zero-order chi connectivity index (χ0) is 6.10. The van der Waals surface area contributed by atoms with Crippen molar-refractivity contribution in [3.8, 4) is 5.75 Å². The molecule has 0 N–H and O–H groups in total. The first-order valence-electron chi connectivity index (χ1n) is 2.88. The number of ether oxygens (including phenoxy) is 1. The molecule has 1 heteroatoms. The Kier molecular flexibility index (Phi) is 0.833. The summed E-state index contributed by atoms with van der Waals surface area (Å²) in [6, 6.07) is 7.96. The average molecular weight is 118 g/mol. The van der Waals surface area contributed by atoms with Crippen LogP contribution in [0.5, 0.6) is 5.75 Å². The summed E-state index contributed by atoms with van der Waals surface area (Å²) < 4.78 is 5.10. The fraction of sp³-hybridized carbons (Fsp3) is 0. The highest BCUT2D eigenvalue weighted by molar-refractivity contribution is 5.53. The molecule has 0 aliphatic carbocycles. The van der Waals surface area contributed by atoms with E-state index in [0.29, 0.717) is 0 Å². The van der Waals surface area contributed by atoms with Crippen LogP contribution in [0, 0.1) is 0 Å². The maximum Gasteiger partial charge on any atom is 0.127 e. The lowest BCUT2D eigenvalue weighted by Gasteiger charge is -2.05. The Morgan fingerprint density at radius 2 is 2.22 bits per heavy atom. The van der Waals surface area contributed by atoms with Crippen molar-refractivity contribution in [3.05, 3.63) is 36.1 Å². The normalized spacial score (nSPS) is 12.9. The van der Waals surface area contributed by atoms with Gasteiger partial charge in [-0.15, -0.1) is 0 Å². The molecule has 0 aromatic heterocycles. The van der Waals surface area contributed by atoms with Gasteiger partial charge in [0.1, 0.15) is 5.75 Å². The highest BCUT2D eigenvalue weighted by atomic mass is 16.5. The summed E-state index contributed by atoms with van der Waals surface area (Å²) in [5.41, 5.74) is 1.21. The SMILES string of the molecule is C1=Cc2cccc(c2)O1. The van der Waals surface area contributed by atoms with E-state index in [1.807, 2.05) is 30.3 Å². The summed E-state index contributed by atoms with van der Waals surface area (Å²) in [5.74, 6) is 0.926. The highest BCUT2D eigenvalue weighted by Crippen LogP contribution is 2.18. The lowest BCUT2D eigenvalue weighted by molar-refractivity contribution is 0.481. The molecule has 1 nitrogen and oxygen atoms in total. The second kappa shape index (κ2) is 1.62. The third-order valence-corrected chi connectivity index (χ3v) is 1.32. The maximum absolute atomic E-state index is 5.10. The van der Waals surface area contributed by atoms with Crippen LogP contribution < -0.4 is 4.74 Å². The van der Waals surface area contributed by atoms with Crippen molar-refractivity contribution >= 4 is 6.08 Å². The molecule has 0 radical (unpaired) electrons. The molecule has 0 amide bonds. The predicted molar refractivity (Wildman–Crippen MR) is 36.1 cm³/mol. The van der Waals surface area contributed by atoms with Gasteiger partial charge in [0.25, 0.3) is 0 Å². The number of hydrogen-bond donors (Lipinski definition) is 0. The van der Waals surface area contributed by atoms with Gasteiger partial charge in [0.05, 0.1) is 6.26 Å². The van der Waals surface area contributed by atoms with Crippen molar-refractivity contribution in [2.24, 2.45) is 0 Å². The van der Waals surface area contributed by atoms with Gasteiger partial charge in [0, 0.05) is 0 Å². The molecule has 1 aliphatic rings. The van der Waals surface area contributed by atoms with Crippen LogP contribution in [0.2, 0.25) is 0 Å². The molecular formula is C8H6O. The van der Waals surface area contributed by atoms with E-state index in [-0.39, 0.29) is 0 Å². The van der Waals surface area contributed by atoms with Crippen molar-refractivity contribution in [3.63, 3.8) is 0 Å². The molecule has 1 heterocycles. The Labute approximate surface area is 53.6 Å². The maximum atomic E-state index is 5.10. The molecule has 1 aromatic rings. The van der Waals surface area contributed by atoms with E-state index in [4.69, 9.17) is 4.74 Å². The summed E-state index contributed by atoms with van der Waals surface area (Å²) in [5, 5.41) is 0. The molecule has 44 valence electrons. The Morgan fingerprint density at radius 1 is 1.22 bits per heavy atom. The Balaban J connectivity index is 2.64. The monoisotopic (exact) mass is 118 g/mol. The smallest absolute Gasteiger partial charge is 0.127 e. The number of benzene rings is 1. The van der Waals surface area contributed by atoms with Crippen LogP contribution >= 0.6 is 0 Å². The van der Waals surface area contributed by atoms with Crippen LogP contribution in [0.4, 0.5) is 0 Å². The van der Waals surface area contributed by atoms with Crippen molar-refractivity contribution in [2.75, 3.05) is 0 Å². The Bertz CT molecular complexity index is 250. The van der Waals surface area contributed by atoms with Crippen LogP contribution in [-0.4, -0.2) is 0 Å². The van der Waals surface area contributed by atoms with Crippen molar-refractivity contribution < 1.29 is 4.74 Å². The fourth-order valence-corrected chi connectivity index (χ4v) is 0.883. The second-order valence-corrected chi connectivity index (χ2v) is 1.99. The van der Waals surface area contributed by atoms with Gasteiger partial charge in [0.15, 0.2) is 0 Å². The summed E-state index contributed by atoms with van der Waals surface area (Å²) >= 11 is 0. The number of rotatable bonds is 0. The number of fused-ring (bicyclic) bond motifs is 2. The second-order valence-electron chi connectivity index (χ2n) is 1.99. The van der Waals surface area contributed by atoms with Crippen LogP contribution in [0.15, 0.2) is 30.5 Å². The third kappa shape index (κ3) is 0.703. The largest absolute Gasteiger partial charge is 0.465 e. The molecule has 1 aliphatic heterocycles. The molecule has 0 saturated carbocycles. The summed E-state index contributed by atoms with van der Waals surface area (Å²) in [6.45, 7) is 0. The first-order chi connectivity index (χ1) is 4.45. The summed E-state index contributed by atoms with van der Waals surface area (Å²) in [6.07, 6.45) is 3.64.